The molecular weight excluding hydrogens is 202 g/mol. The van der Waals surface area contributed by atoms with Crippen molar-refractivity contribution in [3.05, 3.63) is 23.8 Å². The van der Waals surface area contributed by atoms with E-state index in [1.165, 1.54) is 5.56 Å². The van der Waals surface area contributed by atoms with Crippen LogP contribution in [0.2, 0.25) is 0 Å². The van der Waals surface area contributed by atoms with Crippen LogP contribution in [0.4, 0.5) is 0 Å². The van der Waals surface area contributed by atoms with E-state index in [0.29, 0.717) is 6.54 Å². The van der Waals surface area contributed by atoms with E-state index in [4.69, 9.17) is 15.2 Å². The molecule has 16 heavy (non-hydrogen) atoms. The Bertz CT molecular complexity index is 326. The molecule has 0 radical (unpaired) electrons. The Morgan fingerprint density at radius 1 is 1.06 bits per heavy atom. The summed E-state index contributed by atoms with van der Waals surface area (Å²) in [6.45, 7) is 4.96. The summed E-state index contributed by atoms with van der Waals surface area (Å²) < 4.78 is 10.5. The Morgan fingerprint density at radius 2 is 1.56 bits per heavy atom. The highest BCUT2D eigenvalue weighted by atomic mass is 16.5. The molecule has 0 spiro atoms. The van der Waals surface area contributed by atoms with Crippen LogP contribution >= 0.6 is 0 Å². The van der Waals surface area contributed by atoms with E-state index in [1.807, 2.05) is 18.2 Å². The topological polar surface area (TPSA) is 44.5 Å². The summed E-state index contributed by atoms with van der Waals surface area (Å²) in [5, 5.41) is 0. The van der Waals surface area contributed by atoms with Gasteiger partial charge in [-0.25, -0.2) is 0 Å². The largest absolute Gasteiger partial charge is 0.497 e. The lowest BCUT2D eigenvalue weighted by Gasteiger charge is -2.22. The molecule has 3 nitrogen and oxygen atoms in total. The summed E-state index contributed by atoms with van der Waals surface area (Å²) in [4.78, 5) is 0. The third-order valence-corrected chi connectivity index (χ3v) is 2.65. The zero-order valence-electron chi connectivity index (χ0n) is 10.5. The monoisotopic (exact) mass is 223 g/mol. The summed E-state index contributed by atoms with van der Waals surface area (Å²) in [5.41, 5.74) is 7.01. The minimum absolute atomic E-state index is 0.0946. The van der Waals surface area contributed by atoms with Gasteiger partial charge in [-0.2, -0.15) is 0 Å². The van der Waals surface area contributed by atoms with Gasteiger partial charge in [-0.05, 0) is 36.1 Å². The first-order valence-electron chi connectivity index (χ1n) is 5.43. The number of rotatable bonds is 5. The smallest absolute Gasteiger partial charge is 0.122 e. The maximum Gasteiger partial charge on any atom is 0.122 e. The second kappa shape index (κ2) is 5.21. The molecule has 0 bridgehead atoms. The summed E-state index contributed by atoms with van der Waals surface area (Å²) in [5.74, 6) is 1.64. The van der Waals surface area contributed by atoms with Crippen molar-refractivity contribution < 1.29 is 9.47 Å². The number of methoxy groups -OCH3 is 2. The number of ether oxygens (including phenoxy) is 2. The van der Waals surface area contributed by atoms with Gasteiger partial charge in [0.15, 0.2) is 0 Å². The van der Waals surface area contributed by atoms with Crippen LogP contribution in [0.1, 0.15) is 19.4 Å². The Kier molecular flexibility index (Phi) is 4.19. The zero-order valence-corrected chi connectivity index (χ0v) is 10.5. The van der Waals surface area contributed by atoms with E-state index in [2.05, 4.69) is 13.8 Å². The molecule has 90 valence electrons. The van der Waals surface area contributed by atoms with Crippen molar-refractivity contribution in [3.8, 4) is 11.5 Å². The van der Waals surface area contributed by atoms with Crippen molar-refractivity contribution >= 4 is 0 Å². The van der Waals surface area contributed by atoms with Crippen molar-refractivity contribution in [1.82, 2.24) is 0 Å². The van der Waals surface area contributed by atoms with Crippen LogP contribution in [0.5, 0.6) is 11.5 Å². The molecule has 0 aliphatic rings. The van der Waals surface area contributed by atoms with Gasteiger partial charge in [0.25, 0.3) is 0 Å². The highest BCUT2D eigenvalue weighted by Crippen LogP contribution is 2.27. The Morgan fingerprint density at radius 3 is 1.94 bits per heavy atom. The standard InChI is InChI=1S/C13H21NO2/c1-13(2,9-14)8-10-5-11(15-3)7-12(6-10)16-4/h5-7H,8-9,14H2,1-4H3. The van der Waals surface area contributed by atoms with Crippen molar-refractivity contribution in [2.75, 3.05) is 20.8 Å². The van der Waals surface area contributed by atoms with Gasteiger partial charge in [-0.1, -0.05) is 13.8 Å². The van der Waals surface area contributed by atoms with Gasteiger partial charge in [-0.15, -0.1) is 0 Å². The van der Waals surface area contributed by atoms with E-state index in [1.54, 1.807) is 14.2 Å². The molecule has 0 amide bonds. The molecule has 0 saturated heterocycles. The quantitative estimate of drug-likeness (QED) is 0.832. The van der Waals surface area contributed by atoms with Crippen LogP contribution in [0.25, 0.3) is 0 Å². The van der Waals surface area contributed by atoms with E-state index < -0.39 is 0 Å². The molecule has 1 aromatic rings. The van der Waals surface area contributed by atoms with E-state index in [9.17, 15) is 0 Å². The molecule has 3 heteroatoms. The molecule has 0 aliphatic heterocycles. The Hall–Kier alpha value is -1.22. The molecule has 0 fully saturated rings. The number of hydrogen-bond donors (Lipinski definition) is 1. The summed E-state index contributed by atoms with van der Waals surface area (Å²) >= 11 is 0. The predicted octanol–water partition coefficient (Wildman–Crippen LogP) is 2.23. The predicted molar refractivity (Wildman–Crippen MR) is 66.1 cm³/mol. The fraction of sp³-hybridized carbons (Fsp3) is 0.538. The fourth-order valence-electron chi connectivity index (χ4n) is 1.59. The van der Waals surface area contributed by atoms with E-state index in [-0.39, 0.29) is 5.41 Å². The lowest BCUT2D eigenvalue weighted by Crippen LogP contribution is -2.25. The first-order chi connectivity index (χ1) is 7.50. The highest BCUT2D eigenvalue weighted by Gasteiger charge is 2.17. The van der Waals surface area contributed by atoms with Crippen LogP contribution in [0.15, 0.2) is 18.2 Å². The normalized spacial score (nSPS) is 11.3. The molecule has 0 saturated carbocycles. The third kappa shape index (κ3) is 3.42. The number of benzene rings is 1. The molecule has 0 aromatic heterocycles. The molecule has 1 rings (SSSR count). The molecular formula is C13H21NO2. The summed E-state index contributed by atoms with van der Waals surface area (Å²) in [7, 11) is 3.32. The lowest BCUT2D eigenvalue weighted by molar-refractivity contribution is 0.369. The molecule has 0 heterocycles. The highest BCUT2D eigenvalue weighted by molar-refractivity contribution is 5.38. The molecule has 1 aromatic carbocycles. The van der Waals surface area contributed by atoms with Gasteiger partial charge in [0.05, 0.1) is 14.2 Å². The maximum atomic E-state index is 5.73. The SMILES string of the molecule is COc1cc(CC(C)(C)CN)cc(OC)c1. The van der Waals surface area contributed by atoms with Crippen LogP contribution in [0, 0.1) is 5.41 Å². The van der Waals surface area contributed by atoms with Gasteiger partial charge in [-0.3, -0.25) is 0 Å². The Labute approximate surface area is 97.6 Å². The maximum absolute atomic E-state index is 5.73. The first-order valence-corrected chi connectivity index (χ1v) is 5.43. The second-order valence-corrected chi connectivity index (χ2v) is 4.77. The average molecular weight is 223 g/mol. The van der Waals surface area contributed by atoms with E-state index in [0.717, 1.165) is 17.9 Å². The molecule has 0 unspecified atom stereocenters. The van der Waals surface area contributed by atoms with Crippen molar-refractivity contribution in [2.45, 2.75) is 20.3 Å². The number of hydrogen-bond acceptors (Lipinski definition) is 3. The van der Waals surface area contributed by atoms with Gasteiger partial charge in [0, 0.05) is 6.07 Å². The summed E-state index contributed by atoms with van der Waals surface area (Å²) in [6.07, 6.45) is 0.914. The molecule has 0 atom stereocenters. The van der Waals surface area contributed by atoms with Gasteiger partial charge < -0.3 is 15.2 Å². The summed E-state index contributed by atoms with van der Waals surface area (Å²) in [6, 6.07) is 5.93. The second-order valence-electron chi connectivity index (χ2n) is 4.77. The molecule has 2 N–H and O–H groups in total. The van der Waals surface area contributed by atoms with Gasteiger partial charge >= 0.3 is 0 Å². The minimum Gasteiger partial charge on any atom is -0.497 e. The van der Waals surface area contributed by atoms with Crippen LogP contribution in [-0.2, 0) is 6.42 Å². The van der Waals surface area contributed by atoms with E-state index >= 15 is 0 Å². The third-order valence-electron chi connectivity index (χ3n) is 2.65. The minimum atomic E-state index is 0.0946. The fourth-order valence-corrected chi connectivity index (χ4v) is 1.59. The van der Waals surface area contributed by atoms with Crippen LogP contribution < -0.4 is 15.2 Å². The van der Waals surface area contributed by atoms with Crippen LogP contribution in [0.3, 0.4) is 0 Å². The van der Waals surface area contributed by atoms with Gasteiger partial charge in [0.1, 0.15) is 11.5 Å². The Balaban J connectivity index is 2.95. The average Bonchev–Trinajstić information content (AvgIpc) is 2.28. The van der Waals surface area contributed by atoms with Gasteiger partial charge in [0.2, 0.25) is 0 Å². The lowest BCUT2D eigenvalue weighted by atomic mass is 9.86. The van der Waals surface area contributed by atoms with Crippen molar-refractivity contribution in [2.24, 2.45) is 11.1 Å². The zero-order chi connectivity index (χ0) is 12.2. The van der Waals surface area contributed by atoms with Crippen molar-refractivity contribution in [1.29, 1.82) is 0 Å². The number of nitrogens with two attached hydrogens (primary N) is 1. The molecule has 0 aliphatic carbocycles. The van der Waals surface area contributed by atoms with Crippen LogP contribution in [-0.4, -0.2) is 20.8 Å². The first kappa shape index (κ1) is 12.8. The van der Waals surface area contributed by atoms with Crippen molar-refractivity contribution in [3.63, 3.8) is 0 Å².